The van der Waals surface area contributed by atoms with Crippen molar-refractivity contribution in [1.82, 2.24) is 14.7 Å². The van der Waals surface area contributed by atoms with Crippen molar-refractivity contribution in [3.8, 4) is 11.3 Å². The van der Waals surface area contributed by atoms with Crippen LogP contribution in [0.1, 0.15) is 16.7 Å². The summed E-state index contributed by atoms with van der Waals surface area (Å²) in [4.78, 5) is 29.4. The maximum Gasteiger partial charge on any atom is 0.267 e. The van der Waals surface area contributed by atoms with E-state index in [4.69, 9.17) is 11.6 Å². The quantitative estimate of drug-likeness (QED) is 0.606. The molecule has 0 bridgehead atoms. The number of rotatable bonds is 4. The predicted molar refractivity (Wildman–Crippen MR) is 128 cm³/mol. The van der Waals surface area contributed by atoms with Crippen molar-refractivity contribution < 1.29 is 4.79 Å². The van der Waals surface area contributed by atoms with Crippen LogP contribution in [0.2, 0.25) is 5.02 Å². The van der Waals surface area contributed by atoms with E-state index in [9.17, 15) is 9.59 Å². The van der Waals surface area contributed by atoms with Crippen molar-refractivity contribution in [2.24, 2.45) is 0 Å². The molecule has 0 N–H and O–H groups in total. The van der Waals surface area contributed by atoms with Gasteiger partial charge in [0, 0.05) is 48.5 Å². The van der Waals surface area contributed by atoms with Gasteiger partial charge in [-0.1, -0.05) is 35.4 Å². The molecule has 1 aromatic heterocycles. The SMILES string of the molecule is Cc1ccc(C)c(-c2ccc(=O)n(CC(=O)N3CCN(c4cc(Cl)ccc4C)CC3)n2)c1. The fourth-order valence-electron chi connectivity index (χ4n) is 4.07. The molecule has 0 spiro atoms. The zero-order valence-corrected chi connectivity index (χ0v) is 19.4. The molecule has 0 unspecified atom stereocenters. The number of nitrogens with zero attached hydrogens (tertiary/aromatic N) is 4. The molecule has 3 aromatic rings. The number of hydrogen-bond donors (Lipinski definition) is 0. The minimum absolute atomic E-state index is 0.0618. The van der Waals surface area contributed by atoms with Gasteiger partial charge in [-0.25, -0.2) is 4.68 Å². The van der Waals surface area contributed by atoms with Crippen molar-refractivity contribution in [1.29, 1.82) is 0 Å². The van der Waals surface area contributed by atoms with Gasteiger partial charge in [-0.05, 0) is 56.2 Å². The molecule has 0 radical (unpaired) electrons. The number of carbonyl (C=O) groups excluding carboxylic acids is 1. The van der Waals surface area contributed by atoms with Gasteiger partial charge in [0.15, 0.2) is 0 Å². The summed E-state index contributed by atoms with van der Waals surface area (Å²) in [6.45, 7) is 8.66. The molecule has 0 aliphatic carbocycles. The second-order valence-corrected chi connectivity index (χ2v) is 8.77. The predicted octanol–water partition coefficient (Wildman–Crippen LogP) is 3.84. The Balaban J connectivity index is 1.46. The van der Waals surface area contributed by atoms with E-state index < -0.39 is 0 Å². The third kappa shape index (κ3) is 4.70. The lowest BCUT2D eigenvalue weighted by molar-refractivity contribution is -0.132. The first kappa shape index (κ1) is 22.1. The Morgan fingerprint density at radius 2 is 1.66 bits per heavy atom. The smallest absolute Gasteiger partial charge is 0.267 e. The molecule has 0 saturated carbocycles. The van der Waals surface area contributed by atoms with E-state index >= 15 is 0 Å². The second kappa shape index (κ2) is 9.17. The van der Waals surface area contributed by atoms with Crippen LogP contribution >= 0.6 is 11.6 Å². The fraction of sp³-hybridized carbons (Fsp3) is 0.320. The van der Waals surface area contributed by atoms with Gasteiger partial charge in [-0.3, -0.25) is 9.59 Å². The highest BCUT2D eigenvalue weighted by Gasteiger charge is 2.23. The standard InChI is InChI=1S/C25H27ClN4O2/c1-17-4-5-18(2)21(14-17)22-8-9-24(31)30(27-22)16-25(32)29-12-10-28(11-13-29)23-15-20(26)7-6-19(23)3/h4-9,14-15H,10-13,16H2,1-3H3. The summed E-state index contributed by atoms with van der Waals surface area (Å²) in [5.41, 5.74) is 5.84. The molecule has 0 atom stereocenters. The maximum absolute atomic E-state index is 12.9. The van der Waals surface area contributed by atoms with Crippen molar-refractivity contribution in [3.63, 3.8) is 0 Å². The monoisotopic (exact) mass is 450 g/mol. The summed E-state index contributed by atoms with van der Waals surface area (Å²) in [6, 6.07) is 15.2. The lowest BCUT2D eigenvalue weighted by Gasteiger charge is -2.37. The first-order valence-electron chi connectivity index (χ1n) is 10.8. The number of carbonyl (C=O) groups is 1. The molecule has 1 saturated heterocycles. The summed E-state index contributed by atoms with van der Waals surface area (Å²) in [5, 5.41) is 5.20. The summed E-state index contributed by atoms with van der Waals surface area (Å²) in [5.74, 6) is -0.0971. The first-order valence-corrected chi connectivity index (χ1v) is 11.1. The lowest BCUT2D eigenvalue weighted by atomic mass is 10.0. The number of anilines is 1. The minimum atomic E-state index is -0.277. The number of piperazine rings is 1. The zero-order valence-electron chi connectivity index (χ0n) is 18.6. The maximum atomic E-state index is 12.9. The van der Waals surface area contributed by atoms with E-state index in [1.165, 1.54) is 10.7 Å². The van der Waals surface area contributed by atoms with E-state index in [-0.39, 0.29) is 18.0 Å². The third-order valence-corrected chi connectivity index (χ3v) is 6.20. The van der Waals surface area contributed by atoms with Gasteiger partial charge in [0.25, 0.3) is 5.56 Å². The van der Waals surface area contributed by atoms with Crippen LogP contribution in [0.15, 0.2) is 53.3 Å². The molecule has 7 heteroatoms. The van der Waals surface area contributed by atoms with Crippen LogP contribution in [0.4, 0.5) is 5.69 Å². The van der Waals surface area contributed by atoms with Gasteiger partial charge in [-0.2, -0.15) is 5.10 Å². The number of hydrogen-bond acceptors (Lipinski definition) is 4. The molecule has 4 rings (SSSR count). The number of amides is 1. The van der Waals surface area contributed by atoms with Crippen LogP contribution in [-0.2, 0) is 11.3 Å². The van der Waals surface area contributed by atoms with Crippen LogP contribution in [0, 0.1) is 20.8 Å². The molecular formula is C25H27ClN4O2. The summed E-state index contributed by atoms with van der Waals surface area (Å²) >= 11 is 6.17. The molecular weight excluding hydrogens is 424 g/mol. The first-order chi connectivity index (χ1) is 15.3. The van der Waals surface area contributed by atoms with Gasteiger partial charge in [0.1, 0.15) is 6.54 Å². The molecule has 32 heavy (non-hydrogen) atoms. The van der Waals surface area contributed by atoms with E-state index in [0.717, 1.165) is 41.0 Å². The van der Waals surface area contributed by atoms with Crippen LogP contribution in [-0.4, -0.2) is 46.8 Å². The van der Waals surface area contributed by atoms with Gasteiger partial charge in [0.05, 0.1) is 5.69 Å². The molecule has 1 aliphatic heterocycles. The highest BCUT2D eigenvalue weighted by molar-refractivity contribution is 6.30. The van der Waals surface area contributed by atoms with E-state index in [1.54, 1.807) is 11.0 Å². The fourth-order valence-corrected chi connectivity index (χ4v) is 4.23. The van der Waals surface area contributed by atoms with E-state index in [0.29, 0.717) is 23.8 Å². The molecule has 1 aliphatic rings. The average Bonchev–Trinajstić information content (AvgIpc) is 2.78. The third-order valence-electron chi connectivity index (χ3n) is 5.96. The van der Waals surface area contributed by atoms with Crippen molar-refractivity contribution in [2.75, 3.05) is 31.1 Å². The largest absolute Gasteiger partial charge is 0.368 e. The Hall–Kier alpha value is -3.12. The molecule has 2 aromatic carbocycles. The summed E-state index contributed by atoms with van der Waals surface area (Å²) in [6.07, 6.45) is 0. The van der Waals surface area contributed by atoms with Gasteiger partial charge in [-0.15, -0.1) is 0 Å². The molecule has 1 amide bonds. The highest BCUT2D eigenvalue weighted by atomic mass is 35.5. The van der Waals surface area contributed by atoms with Gasteiger partial charge >= 0.3 is 0 Å². The molecule has 1 fully saturated rings. The topological polar surface area (TPSA) is 58.4 Å². The number of halogens is 1. The average molecular weight is 451 g/mol. The Bertz CT molecular complexity index is 1210. The van der Waals surface area contributed by atoms with Crippen molar-refractivity contribution in [3.05, 3.63) is 80.6 Å². The van der Waals surface area contributed by atoms with E-state index in [2.05, 4.69) is 16.9 Å². The van der Waals surface area contributed by atoms with Crippen LogP contribution in [0.5, 0.6) is 0 Å². The van der Waals surface area contributed by atoms with Crippen LogP contribution in [0.3, 0.4) is 0 Å². The number of aryl methyl sites for hydroxylation is 3. The summed E-state index contributed by atoms with van der Waals surface area (Å²) < 4.78 is 1.27. The number of benzene rings is 2. The summed E-state index contributed by atoms with van der Waals surface area (Å²) in [7, 11) is 0. The lowest BCUT2D eigenvalue weighted by Crippen LogP contribution is -2.50. The normalized spacial score (nSPS) is 14.0. The molecule has 166 valence electrons. The van der Waals surface area contributed by atoms with Crippen molar-refractivity contribution in [2.45, 2.75) is 27.3 Å². The van der Waals surface area contributed by atoms with Gasteiger partial charge in [0.2, 0.25) is 5.91 Å². The number of aromatic nitrogens is 2. The zero-order chi connectivity index (χ0) is 22.8. The highest BCUT2D eigenvalue weighted by Crippen LogP contribution is 2.25. The van der Waals surface area contributed by atoms with Crippen LogP contribution in [0.25, 0.3) is 11.3 Å². The van der Waals surface area contributed by atoms with Gasteiger partial charge < -0.3 is 9.80 Å². The van der Waals surface area contributed by atoms with Crippen molar-refractivity contribution >= 4 is 23.2 Å². The Morgan fingerprint density at radius 3 is 2.41 bits per heavy atom. The molecule has 2 heterocycles. The Labute approximate surface area is 193 Å². The van der Waals surface area contributed by atoms with Crippen LogP contribution < -0.4 is 10.5 Å². The Kier molecular flexibility index (Phi) is 6.33. The Morgan fingerprint density at radius 1 is 0.938 bits per heavy atom. The van der Waals surface area contributed by atoms with E-state index in [1.807, 2.05) is 50.2 Å². The minimum Gasteiger partial charge on any atom is -0.368 e. The molecule has 6 nitrogen and oxygen atoms in total. The second-order valence-electron chi connectivity index (χ2n) is 8.33.